The first kappa shape index (κ1) is 20.6. The van der Waals surface area contributed by atoms with Gasteiger partial charge in [-0.25, -0.2) is 0 Å². The first-order valence-corrected chi connectivity index (χ1v) is 9.88. The Morgan fingerprint density at radius 2 is 1.48 bits per heavy atom. The van der Waals surface area contributed by atoms with Crippen molar-refractivity contribution in [3.63, 3.8) is 0 Å². The van der Waals surface area contributed by atoms with Crippen LogP contribution in [0.15, 0.2) is 54.6 Å². The number of hydrogen-bond donors (Lipinski definition) is 0. The Bertz CT molecular complexity index is 866. The van der Waals surface area contributed by atoms with Crippen molar-refractivity contribution in [1.29, 1.82) is 0 Å². The number of methoxy groups -OCH3 is 1. The number of benzene rings is 2. The summed E-state index contributed by atoms with van der Waals surface area (Å²) in [5, 5.41) is 0. The standard InChI is InChI=1S/C23H26N2O4/c1-29-21-11-6-5-10-19(21)23(28)25-15-7-14-24(16-17-25)22(27)13-12-20(26)18-8-3-2-4-9-18/h2-6,8-11H,7,12-17H2,1H3. The molecule has 1 fully saturated rings. The second-order valence-electron chi connectivity index (χ2n) is 7.02. The largest absolute Gasteiger partial charge is 0.496 e. The molecule has 152 valence electrons. The number of nitrogens with zero attached hydrogens (tertiary/aromatic N) is 2. The minimum Gasteiger partial charge on any atom is -0.496 e. The molecule has 6 heteroatoms. The van der Waals surface area contributed by atoms with Crippen LogP contribution in [-0.2, 0) is 4.79 Å². The van der Waals surface area contributed by atoms with E-state index in [1.807, 2.05) is 30.3 Å². The van der Waals surface area contributed by atoms with Crippen LogP contribution in [-0.4, -0.2) is 60.7 Å². The number of carbonyl (C=O) groups is 3. The monoisotopic (exact) mass is 394 g/mol. The van der Waals surface area contributed by atoms with Gasteiger partial charge in [0.25, 0.3) is 5.91 Å². The van der Waals surface area contributed by atoms with Gasteiger partial charge in [0.2, 0.25) is 5.91 Å². The molecule has 3 rings (SSSR count). The van der Waals surface area contributed by atoms with Crippen LogP contribution in [0.25, 0.3) is 0 Å². The van der Waals surface area contributed by atoms with E-state index in [1.54, 1.807) is 41.2 Å². The highest BCUT2D eigenvalue weighted by atomic mass is 16.5. The fourth-order valence-corrected chi connectivity index (χ4v) is 3.51. The first-order valence-electron chi connectivity index (χ1n) is 9.88. The van der Waals surface area contributed by atoms with Gasteiger partial charge in [-0.05, 0) is 18.6 Å². The van der Waals surface area contributed by atoms with Crippen molar-refractivity contribution in [2.75, 3.05) is 33.3 Å². The van der Waals surface area contributed by atoms with Gasteiger partial charge in [0.05, 0.1) is 12.7 Å². The van der Waals surface area contributed by atoms with E-state index >= 15 is 0 Å². The normalized spacial score (nSPS) is 14.2. The highest BCUT2D eigenvalue weighted by Gasteiger charge is 2.24. The SMILES string of the molecule is COc1ccccc1C(=O)N1CCCN(C(=O)CCC(=O)c2ccccc2)CC1. The highest BCUT2D eigenvalue weighted by Crippen LogP contribution is 2.20. The molecule has 0 aliphatic carbocycles. The predicted molar refractivity (Wildman–Crippen MR) is 110 cm³/mol. The molecule has 2 amide bonds. The Labute approximate surface area is 171 Å². The van der Waals surface area contributed by atoms with Crippen molar-refractivity contribution in [3.8, 4) is 5.75 Å². The number of para-hydroxylation sites is 1. The lowest BCUT2D eigenvalue weighted by molar-refractivity contribution is -0.131. The fourth-order valence-electron chi connectivity index (χ4n) is 3.51. The third-order valence-corrected chi connectivity index (χ3v) is 5.13. The van der Waals surface area contributed by atoms with Gasteiger partial charge >= 0.3 is 0 Å². The molecule has 0 saturated carbocycles. The Morgan fingerprint density at radius 3 is 2.24 bits per heavy atom. The average molecular weight is 394 g/mol. The molecule has 29 heavy (non-hydrogen) atoms. The number of hydrogen-bond acceptors (Lipinski definition) is 4. The molecule has 1 aliphatic rings. The van der Waals surface area contributed by atoms with Crippen LogP contribution >= 0.6 is 0 Å². The van der Waals surface area contributed by atoms with Crippen molar-refractivity contribution < 1.29 is 19.1 Å². The summed E-state index contributed by atoms with van der Waals surface area (Å²) >= 11 is 0. The van der Waals surface area contributed by atoms with Crippen LogP contribution < -0.4 is 4.74 Å². The molecule has 1 heterocycles. The van der Waals surface area contributed by atoms with Crippen LogP contribution in [0.2, 0.25) is 0 Å². The van der Waals surface area contributed by atoms with Gasteiger partial charge in [0.15, 0.2) is 5.78 Å². The van der Waals surface area contributed by atoms with E-state index < -0.39 is 0 Å². The topological polar surface area (TPSA) is 66.9 Å². The van der Waals surface area contributed by atoms with Gasteiger partial charge in [0, 0.05) is 44.6 Å². The molecule has 2 aromatic rings. The molecule has 0 bridgehead atoms. The molecular formula is C23H26N2O4. The van der Waals surface area contributed by atoms with Gasteiger partial charge in [-0.3, -0.25) is 14.4 Å². The number of ketones is 1. The summed E-state index contributed by atoms with van der Waals surface area (Å²) in [6.07, 6.45) is 1.09. The van der Waals surface area contributed by atoms with E-state index in [0.29, 0.717) is 49.5 Å². The zero-order valence-electron chi connectivity index (χ0n) is 16.7. The summed E-state index contributed by atoms with van der Waals surface area (Å²) in [6.45, 7) is 2.12. The Balaban J connectivity index is 1.54. The Kier molecular flexibility index (Phi) is 7.00. The second-order valence-corrected chi connectivity index (χ2v) is 7.02. The molecule has 0 unspecified atom stereocenters. The van der Waals surface area contributed by atoms with Crippen LogP contribution in [0.5, 0.6) is 5.75 Å². The molecule has 6 nitrogen and oxygen atoms in total. The van der Waals surface area contributed by atoms with Crippen LogP contribution in [0, 0.1) is 0 Å². The molecule has 0 N–H and O–H groups in total. The zero-order chi connectivity index (χ0) is 20.6. The van der Waals surface area contributed by atoms with E-state index in [2.05, 4.69) is 0 Å². The molecule has 0 radical (unpaired) electrons. The van der Waals surface area contributed by atoms with Crippen LogP contribution in [0.4, 0.5) is 0 Å². The quantitative estimate of drug-likeness (QED) is 0.707. The van der Waals surface area contributed by atoms with Crippen molar-refractivity contribution in [1.82, 2.24) is 9.80 Å². The lowest BCUT2D eigenvalue weighted by Gasteiger charge is -2.23. The fraction of sp³-hybridized carbons (Fsp3) is 0.348. The van der Waals surface area contributed by atoms with E-state index in [0.717, 1.165) is 0 Å². The second kappa shape index (κ2) is 9.87. The number of ether oxygens (including phenoxy) is 1. The van der Waals surface area contributed by atoms with E-state index in [-0.39, 0.29) is 30.4 Å². The van der Waals surface area contributed by atoms with Crippen molar-refractivity contribution >= 4 is 17.6 Å². The Morgan fingerprint density at radius 1 is 0.828 bits per heavy atom. The molecule has 2 aromatic carbocycles. The van der Waals surface area contributed by atoms with Crippen LogP contribution in [0.3, 0.4) is 0 Å². The van der Waals surface area contributed by atoms with Gasteiger partial charge in [-0.1, -0.05) is 42.5 Å². The first-order chi connectivity index (χ1) is 14.1. The average Bonchev–Trinajstić information content (AvgIpc) is 3.03. The predicted octanol–water partition coefficient (Wildman–Crippen LogP) is 3.03. The van der Waals surface area contributed by atoms with Gasteiger partial charge < -0.3 is 14.5 Å². The summed E-state index contributed by atoms with van der Waals surface area (Å²) in [7, 11) is 1.55. The minimum atomic E-state index is -0.0870. The van der Waals surface area contributed by atoms with Gasteiger partial charge in [-0.2, -0.15) is 0 Å². The summed E-state index contributed by atoms with van der Waals surface area (Å²) in [4.78, 5) is 41.2. The molecule has 1 saturated heterocycles. The lowest BCUT2D eigenvalue weighted by atomic mass is 10.1. The third kappa shape index (κ3) is 5.22. The summed E-state index contributed by atoms with van der Waals surface area (Å²) < 4.78 is 5.29. The maximum Gasteiger partial charge on any atom is 0.257 e. The van der Waals surface area contributed by atoms with E-state index in [4.69, 9.17) is 4.74 Å². The minimum absolute atomic E-state index is 0.0262. The number of carbonyl (C=O) groups excluding carboxylic acids is 3. The number of Topliss-reactive ketones (excluding diaryl/α,β-unsaturated/α-hetero) is 1. The van der Waals surface area contributed by atoms with E-state index in [1.165, 1.54) is 0 Å². The maximum absolute atomic E-state index is 12.9. The summed E-state index contributed by atoms with van der Waals surface area (Å²) in [6, 6.07) is 16.2. The van der Waals surface area contributed by atoms with Crippen molar-refractivity contribution in [2.24, 2.45) is 0 Å². The van der Waals surface area contributed by atoms with Gasteiger partial charge in [-0.15, -0.1) is 0 Å². The number of rotatable bonds is 6. The molecule has 0 aromatic heterocycles. The zero-order valence-corrected chi connectivity index (χ0v) is 16.7. The van der Waals surface area contributed by atoms with Gasteiger partial charge in [0.1, 0.15) is 5.75 Å². The summed E-state index contributed by atoms with van der Waals surface area (Å²) in [5.41, 5.74) is 1.16. The Hall–Kier alpha value is -3.15. The maximum atomic E-state index is 12.9. The van der Waals surface area contributed by atoms with Crippen molar-refractivity contribution in [2.45, 2.75) is 19.3 Å². The lowest BCUT2D eigenvalue weighted by Crippen LogP contribution is -2.37. The number of amides is 2. The van der Waals surface area contributed by atoms with Crippen molar-refractivity contribution in [3.05, 3.63) is 65.7 Å². The summed E-state index contributed by atoms with van der Waals surface area (Å²) in [5.74, 6) is 0.396. The highest BCUT2D eigenvalue weighted by molar-refractivity contribution is 5.98. The van der Waals surface area contributed by atoms with Crippen LogP contribution in [0.1, 0.15) is 40.0 Å². The van der Waals surface area contributed by atoms with E-state index in [9.17, 15) is 14.4 Å². The molecule has 1 aliphatic heterocycles. The molecule has 0 spiro atoms. The molecular weight excluding hydrogens is 368 g/mol. The third-order valence-electron chi connectivity index (χ3n) is 5.13. The smallest absolute Gasteiger partial charge is 0.257 e. The molecule has 0 atom stereocenters.